The van der Waals surface area contributed by atoms with Crippen LogP contribution in [0.5, 0.6) is 0 Å². The van der Waals surface area contributed by atoms with Gasteiger partial charge in [-0.2, -0.15) is 0 Å². The first-order valence-corrected chi connectivity index (χ1v) is 8.94. The first kappa shape index (κ1) is 18.2. The fraction of sp³-hybridized carbons (Fsp3) is 0. The van der Waals surface area contributed by atoms with E-state index in [2.05, 4.69) is 10.3 Å². The Kier molecular flexibility index (Phi) is 4.90. The smallest absolute Gasteiger partial charge is 0.337 e. The summed E-state index contributed by atoms with van der Waals surface area (Å²) in [6.07, 6.45) is 6.80. The Bertz CT molecular complexity index is 1170. The lowest BCUT2D eigenvalue weighted by Gasteiger charge is -2.12. The zero-order chi connectivity index (χ0) is 20.2. The molecule has 0 bridgehead atoms. The van der Waals surface area contributed by atoms with Gasteiger partial charge in [-0.05, 0) is 41.5 Å². The molecule has 0 aliphatic carbocycles. The van der Waals surface area contributed by atoms with Crippen molar-refractivity contribution in [3.63, 3.8) is 0 Å². The van der Waals surface area contributed by atoms with Crippen molar-refractivity contribution < 1.29 is 14.7 Å². The number of carboxylic acid groups (broad SMARTS) is 1. The monoisotopic (exact) mass is 383 g/mol. The summed E-state index contributed by atoms with van der Waals surface area (Å²) in [6.45, 7) is 0. The van der Waals surface area contributed by atoms with E-state index in [0.29, 0.717) is 5.56 Å². The van der Waals surface area contributed by atoms with Crippen molar-refractivity contribution in [1.82, 2.24) is 9.55 Å². The van der Waals surface area contributed by atoms with Gasteiger partial charge in [-0.15, -0.1) is 0 Å². The highest BCUT2D eigenvalue weighted by Gasteiger charge is 2.15. The number of nitrogens with zero attached hydrogens (tertiary/aromatic N) is 2. The van der Waals surface area contributed by atoms with E-state index in [9.17, 15) is 14.7 Å². The molecule has 142 valence electrons. The summed E-state index contributed by atoms with van der Waals surface area (Å²) >= 11 is 0. The number of anilines is 1. The Morgan fingerprint density at radius 2 is 1.62 bits per heavy atom. The lowest BCUT2D eigenvalue weighted by Crippen LogP contribution is -2.15. The minimum absolute atomic E-state index is 0.0209. The Labute approximate surface area is 167 Å². The number of aromatic nitrogens is 2. The molecule has 1 amide bonds. The first-order chi connectivity index (χ1) is 14.1. The molecule has 29 heavy (non-hydrogen) atoms. The summed E-state index contributed by atoms with van der Waals surface area (Å²) in [5.41, 5.74) is 3.06. The molecule has 0 fully saturated rings. The SMILES string of the molecule is O=C(Nc1cc(-c2ccccc2)ccc1C(=O)O)c1cncc(-n2cccc2)c1. The van der Waals surface area contributed by atoms with Crippen LogP contribution in [0.4, 0.5) is 5.69 Å². The molecule has 0 atom stereocenters. The van der Waals surface area contributed by atoms with E-state index in [4.69, 9.17) is 0 Å². The summed E-state index contributed by atoms with van der Waals surface area (Å²) < 4.78 is 1.84. The Morgan fingerprint density at radius 1 is 0.862 bits per heavy atom. The van der Waals surface area contributed by atoms with E-state index >= 15 is 0 Å². The van der Waals surface area contributed by atoms with Gasteiger partial charge in [0, 0.05) is 18.6 Å². The average molecular weight is 383 g/mol. The summed E-state index contributed by atoms with van der Waals surface area (Å²) in [6, 6.07) is 19.9. The molecule has 2 N–H and O–H groups in total. The third-order valence-electron chi connectivity index (χ3n) is 4.49. The summed E-state index contributed by atoms with van der Waals surface area (Å²) in [5.74, 6) is -1.54. The van der Waals surface area contributed by atoms with Crippen LogP contribution in [0, 0.1) is 0 Å². The highest BCUT2D eigenvalue weighted by Crippen LogP contribution is 2.26. The van der Waals surface area contributed by atoms with Crippen LogP contribution >= 0.6 is 0 Å². The topological polar surface area (TPSA) is 84.2 Å². The number of pyridine rings is 1. The Morgan fingerprint density at radius 3 is 2.34 bits per heavy atom. The second-order valence-corrected chi connectivity index (χ2v) is 6.41. The maximum atomic E-state index is 12.8. The average Bonchev–Trinajstić information content (AvgIpc) is 3.29. The fourth-order valence-corrected chi connectivity index (χ4v) is 3.04. The molecular weight excluding hydrogens is 366 g/mol. The molecule has 2 aromatic carbocycles. The summed E-state index contributed by atoms with van der Waals surface area (Å²) in [7, 11) is 0. The van der Waals surface area contributed by atoms with Gasteiger partial charge in [-0.1, -0.05) is 36.4 Å². The zero-order valence-electron chi connectivity index (χ0n) is 15.3. The van der Waals surface area contributed by atoms with Crippen molar-refractivity contribution >= 4 is 17.6 Å². The summed E-state index contributed by atoms with van der Waals surface area (Å²) in [5, 5.41) is 12.2. The molecular formula is C23H17N3O3. The third kappa shape index (κ3) is 3.91. The lowest BCUT2D eigenvalue weighted by molar-refractivity contribution is 0.0698. The maximum Gasteiger partial charge on any atom is 0.337 e. The van der Waals surface area contributed by atoms with Gasteiger partial charge in [-0.25, -0.2) is 4.79 Å². The molecule has 0 unspecified atom stereocenters. The van der Waals surface area contributed by atoms with E-state index in [1.807, 2.05) is 59.4 Å². The van der Waals surface area contributed by atoms with E-state index in [-0.39, 0.29) is 11.3 Å². The van der Waals surface area contributed by atoms with Gasteiger partial charge >= 0.3 is 5.97 Å². The van der Waals surface area contributed by atoms with Gasteiger partial charge in [0.2, 0.25) is 0 Å². The Balaban J connectivity index is 1.67. The molecule has 6 heteroatoms. The normalized spacial score (nSPS) is 10.5. The molecule has 0 aliphatic heterocycles. The zero-order valence-corrected chi connectivity index (χ0v) is 15.3. The van der Waals surface area contributed by atoms with Gasteiger partial charge in [0.1, 0.15) is 0 Å². The van der Waals surface area contributed by atoms with Crippen molar-refractivity contribution in [2.24, 2.45) is 0 Å². The largest absolute Gasteiger partial charge is 0.478 e. The summed E-state index contributed by atoms with van der Waals surface area (Å²) in [4.78, 5) is 28.6. The van der Waals surface area contributed by atoms with E-state index in [0.717, 1.165) is 16.8 Å². The maximum absolute atomic E-state index is 12.8. The van der Waals surface area contributed by atoms with Crippen LogP contribution < -0.4 is 5.32 Å². The molecule has 0 aliphatic rings. The standard InChI is InChI=1S/C23H17N3O3/c27-22(18-12-19(15-24-14-18)26-10-4-5-11-26)25-21-13-17(8-9-20(21)23(28)29)16-6-2-1-3-7-16/h1-15H,(H,25,27)(H,28,29). The van der Waals surface area contributed by atoms with Gasteiger partial charge in [0.25, 0.3) is 5.91 Å². The second-order valence-electron chi connectivity index (χ2n) is 6.41. The van der Waals surface area contributed by atoms with Crippen LogP contribution in [-0.2, 0) is 0 Å². The molecule has 0 radical (unpaired) electrons. The Hall–Kier alpha value is -4.19. The van der Waals surface area contributed by atoms with Crippen molar-refractivity contribution in [3.05, 3.63) is 103 Å². The van der Waals surface area contributed by atoms with E-state index in [1.54, 1.807) is 24.4 Å². The number of rotatable bonds is 5. The van der Waals surface area contributed by atoms with Crippen molar-refractivity contribution in [2.45, 2.75) is 0 Å². The quantitative estimate of drug-likeness (QED) is 0.532. The third-order valence-corrected chi connectivity index (χ3v) is 4.49. The molecule has 0 saturated heterocycles. The number of aromatic carboxylic acids is 1. The molecule has 4 rings (SSSR count). The van der Waals surface area contributed by atoms with Gasteiger partial charge in [-0.3, -0.25) is 9.78 Å². The number of hydrogen-bond acceptors (Lipinski definition) is 3. The van der Waals surface area contributed by atoms with Crippen molar-refractivity contribution in [1.29, 1.82) is 0 Å². The van der Waals surface area contributed by atoms with Crippen molar-refractivity contribution in [3.8, 4) is 16.8 Å². The molecule has 6 nitrogen and oxygen atoms in total. The first-order valence-electron chi connectivity index (χ1n) is 8.94. The van der Waals surface area contributed by atoms with E-state index in [1.165, 1.54) is 12.3 Å². The van der Waals surface area contributed by atoms with Crippen LogP contribution in [0.15, 0.2) is 91.5 Å². The van der Waals surface area contributed by atoms with Crippen molar-refractivity contribution in [2.75, 3.05) is 5.32 Å². The fourth-order valence-electron chi connectivity index (χ4n) is 3.04. The molecule has 2 aromatic heterocycles. The number of amides is 1. The lowest BCUT2D eigenvalue weighted by atomic mass is 10.0. The predicted octanol–water partition coefficient (Wildman–Crippen LogP) is 4.49. The minimum Gasteiger partial charge on any atom is -0.478 e. The van der Waals surface area contributed by atoms with Crippen LogP contribution in [-0.4, -0.2) is 26.5 Å². The number of carbonyl (C=O) groups excluding carboxylic acids is 1. The highest BCUT2D eigenvalue weighted by atomic mass is 16.4. The van der Waals surface area contributed by atoms with Crippen LogP contribution in [0.2, 0.25) is 0 Å². The predicted molar refractivity (Wildman–Crippen MR) is 110 cm³/mol. The molecule has 0 saturated carbocycles. The molecule has 0 spiro atoms. The highest BCUT2D eigenvalue weighted by molar-refractivity contribution is 6.08. The van der Waals surface area contributed by atoms with Crippen LogP contribution in [0.3, 0.4) is 0 Å². The number of carbonyl (C=O) groups is 2. The number of nitrogens with one attached hydrogen (secondary N) is 1. The number of hydrogen-bond donors (Lipinski definition) is 2. The van der Waals surface area contributed by atoms with Crippen LogP contribution in [0.25, 0.3) is 16.8 Å². The molecule has 4 aromatic rings. The van der Waals surface area contributed by atoms with Crippen LogP contribution in [0.1, 0.15) is 20.7 Å². The van der Waals surface area contributed by atoms with Gasteiger partial charge < -0.3 is 15.0 Å². The van der Waals surface area contributed by atoms with E-state index < -0.39 is 11.9 Å². The molecule has 2 heterocycles. The minimum atomic E-state index is -1.11. The second kappa shape index (κ2) is 7.82. The number of carboxylic acids is 1. The number of benzene rings is 2. The van der Waals surface area contributed by atoms with Gasteiger partial charge in [0.05, 0.1) is 28.7 Å². The van der Waals surface area contributed by atoms with Gasteiger partial charge in [0.15, 0.2) is 0 Å².